The van der Waals surface area contributed by atoms with E-state index in [1.165, 1.54) is 25.7 Å². The van der Waals surface area contributed by atoms with Crippen LogP contribution < -0.4 is 5.73 Å². The second-order valence-electron chi connectivity index (χ2n) is 2.99. The molecule has 0 bridgehead atoms. The highest BCUT2D eigenvalue weighted by Gasteiger charge is 2.12. The summed E-state index contributed by atoms with van der Waals surface area (Å²) in [5, 5.41) is 0. The molecule has 2 N–H and O–H groups in total. The summed E-state index contributed by atoms with van der Waals surface area (Å²) >= 11 is 0. The number of rotatable bonds is 3. The van der Waals surface area contributed by atoms with Gasteiger partial charge in [-0.2, -0.15) is 0 Å². The first kappa shape index (κ1) is 8.02. The van der Waals surface area contributed by atoms with Gasteiger partial charge >= 0.3 is 0 Å². The average molecular weight is 143 g/mol. The molecule has 60 valence electrons. The largest absolute Gasteiger partial charge is 0.381 e. The molecule has 0 aromatic heterocycles. The van der Waals surface area contributed by atoms with E-state index in [1.807, 2.05) is 0 Å². The highest BCUT2D eigenvalue weighted by Crippen LogP contribution is 2.19. The molecule has 0 aromatic rings. The van der Waals surface area contributed by atoms with Crippen LogP contribution in [0, 0.1) is 5.92 Å². The Labute approximate surface area is 62.7 Å². The zero-order valence-corrected chi connectivity index (χ0v) is 6.51. The first-order valence-electron chi connectivity index (χ1n) is 4.21. The van der Waals surface area contributed by atoms with Gasteiger partial charge in [0, 0.05) is 13.2 Å². The van der Waals surface area contributed by atoms with Gasteiger partial charge in [-0.25, -0.2) is 0 Å². The number of nitrogens with two attached hydrogens (primary N) is 1. The summed E-state index contributed by atoms with van der Waals surface area (Å²) in [5.41, 5.74) is 5.41. The molecule has 0 aliphatic carbocycles. The van der Waals surface area contributed by atoms with Crippen molar-refractivity contribution in [2.45, 2.75) is 25.7 Å². The van der Waals surface area contributed by atoms with Crippen LogP contribution in [0.25, 0.3) is 0 Å². The number of hydrogen-bond acceptors (Lipinski definition) is 2. The van der Waals surface area contributed by atoms with E-state index in [9.17, 15) is 0 Å². The topological polar surface area (TPSA) is 35.2 Å². The Balaban J connectivity index is 2.02. The maximum atomic E-state index is 5.41. The predicted octanol–water partition coefficient (Wildman–Crippen LogP) is 1.15. The van der Waals surface area contributed by atoms with E-state index >= 15 is 0 Å². The van der Waals surface area contributed by atoms with Gasteiger partial charge in [0.1, 0.15) is 0 Å². The van der Waals surface area contributed by atoms with Gasteiger partial charge in [0.25, 0.3) is 0 Å². The lowest BCUT2D eigenvalue weighted by atomic mass is 9.95. The molecule has 1 aliphatic heterocycles. The Morgan fingerprint density at radius 1 is 1.30 bits per heavy atom. The summed E-state index contributed by atoms with van der Waals surface area (Å²) in [6.07, 6.45) is 4.99. The average Bonchev–Trinajstić information content (AvgIpc) is 2.03. The van der Waals surface area contributed by atoms with Crippen molar-refractivity contribution >= 4 is 0 Å². The lowest BCUT2D eigenvalue weighted by Crippen LogP contribution is -2.16. The van der Waals surface area contributed by atoms with Crippen molar-refractivity contribution in [2.75, 3.05) is 19.8 Å². The van der Waals surface area contributed by atoms with E-state index in [-0.39, 0.29) is 0 Å². The minimum absolute atomic E-state index is 0.845. The smallest absolute Gasteiger partial charge is 0.0468 e. The summed E-state index contributed by atoms with van der Waals surface area (Å²) in [6.45, 7) is 2.78. The maximum absolute atomic E-state index is 5.41. The van der Waals surface area contributed by atoms with Crippen LogP contribution in [0.5, 0.6) is 0 Å². The molecule has 1 aliphatic rings. The summed E-state index contributed by atoms with van der Waals surface area (Å²) in [4.78, 5) is 0. The van der Waals surface area contributed by atoms with Crippen molar-refractivity contribution in [1.82, 2.24) is 0 Å². The van der Waals surface area contributed by atoms with Crippen LogP contribution in [0.2, 0.25) is 0 Å². The van der Waals surface area contributed by atoms with Gasteiger partial charge in [-0.3, -0.25) is 0 Å². The molecule has 0 aromatic carbocycles. The van der Waals surface area contributed by atoms with E-state index in [4.69, 9.17) is 10.5 Å². The van der Waals surface area contributed by atoms with Gasteiger partial charge in [0.15, 0.2) is 0 Å². The van der Waals surface area contributed by atoms with Crippen LogP contribution in [0.4, 0.5) is 0 Å². The van der Waals surface area contributed by atoms with E-state index < -0.39 is 0 Å². The fourth-order valence-corrected chi connectivity index (χ4v) is 1.44. The third-order valence-corrected chi connectivity index (χ3v) is 2.16. The standard InChI is InChI=1S/C8H17NO/c9-5-1-2-8-3-6-10-7-4-8/h8H,1-7,9H2. The van der Waals surface area contributed by atoms with E-state index in [0.29, 0.717) is 0 Å². The van der Waals surface area contributed by atoms with Crippen molar-refractivity contribution < 1.29 is 4.74 Å². The molecule has 10 heavy (non-hydrogen) atoms. The Kier molecular flexibility index (Phi) is 3.76. The third kappa shape index (κ3) is 2.67. The van der Waals surface area contributed by atoms with Gasteiger partial charge < -0.3 is 10.5 Å². The Hall–Kier alpha value is -0.0800. The Morgan fingerprint density at radius 2 is 2.00 bits per heavy atom. The van der Waals surface area contributed by atoms with E-state index in [1.54, 1.807) is 0 Å². The minimum atomic E-state index is 0.845. The molecule has 0 atom stereocenters. The molecule has 2 heteroatoms. The molecule has 0 unspecified atom stereocenters. The first-order chi connectivity index (χ1) is 4.93. The SMILES string of the molecule is NCCCC1CCOCC1. The third-order valence-electron chi connectivity index (χ3n) is 2.16. The Bertz CT molecular complexity index is 79.3. The molecule has 0 amide bonds. The fraction of sp³-hybridized carbons (Fsp3) is 1.00. The predicted molar refractivity (Wildman–Crippen MR) is 41.8 cm³/mol. The highest BCUT2D eigenvalue weighted by atomic mass is 16.5. The van der Waals surface area contributed by atoms with Crippen molar-refractivity contribution in [2.24, 2.45) is 11.7 Å². The lowest BCUT2D eigenvalue weighted by Gasteiger charge is -2.21. The molecule has 1 heterocycles. The van der Waals surface area contributed by atoms with Crippen LogP contribution in [-0.4, -0.2) is 19.8 Å². The van der Waals surface area contributed by atoms with Crippen molar-refractivity contribution in [3.8, 4) is 0 Å². The molecule has 1 saturated heterocycles. The molecule has 0 radical (unpaired) electrons. The molecule has 1 fully saturated rings. The van der Waals surface area contributed by atoms with Gasteiger partial charge in [0.2, 0.25) is 0 Å². The number of hydrogen-bond donors (Lipinski definition) is 1. The number of ether oxygens (including phenoxy) is 1. The summed E-state index contributed by atoms with van der Waals surface area (Å²) < 4.78 is 5.25. The van der Waals surface area contributed by atoms with E-state index in [0.717, 1.165) is 25.7 Å². The van der Waals surface area contributed by atoms with Gasteiger partial charge in [-0.1, -0.05) is 0 Å². The van der Waals surface area contributed by atoms with Crippen molar-refractivity contribution in [3.63, 3.8) is 0 Å². The van der Waals surface area contributed by atoms with Crippen LogP contribution >= 0.6 is 0 Å². The fourth-order valence-electron chi connectivity index (χ4n) is 1.44. The molecule has 0 spiro atoms. The van der Waals surface area contributed by atoms with Gasteiger partial charge in [-0.05, 0) is 38.1 Å². The summed E-state index contributed by atoms with van der Waals surface area (Å²) in [5.74, 6) is 0.900. The van der Waals surface area contributed by atoms with Crippen LogP contribution in [0.15, 0.2) is 0 Å². The van der Waals surface area contributed by atoms with Crippen molar-refractivity contribution in [3.05, 3.63) is 0 Å². The van der Waals surface area contributed by atoms with Crippen LogP contribution in [0.1, 0.15) is 25.7 Å². The quantitative estimate of drug-likeness (QED) is 0.643. The summed E-state index contributed by atoms with van der Waals surface area (Å²) in [6, 6.07) is 0. The molecule has 2 nitrogen and oxygen atoms in total. The highest BCUT2D eigenvalue weighted by molar-refractivity contribution is 4.63. The van der Waals surface area contributed by atoms with Crippen molar-refractivity contribution in [1.29, 1.82) is 0 Å². The zero-order valence-electron chi connectivity index (χ0n) is 6.51. The molecular weight excluding hydrogens is 126 g/mol. The molecular formula is C8H17NO. The Morgan fingerprint density at radius 3 is 2.60 bits per heavy atom. The second kappa shape index (κ2) is 4.69. The van der Waals surface area contributed by atoms with Crippen LogP contribution in [0.3, 0.4) is 0 Å². The maximum Gasteiger partial charge on any atom is 0.0468 e. The molecule has 1 rings (SSSR count). The van der Waals surface area contributed by atoms with E-state index in [2.05, 4.69) is 0 Å². The lowest BCUT2D eigenvalue weighted by molar-refractivity contribution is 0.0635. The normalized spacial score (nSPS) is 21.3. The monoisotopic (exact) mass is 143 g/mol. The minimum Gasteiger partial charge on any atom is -0.381 e. The van der Waals surface area contributed by atoms with Crippen LogP contribution in [-0.2, 0) is 4.74 Å². The summed E-state index contributed by atoms with van der Waals surface area (Å²) in [7, 11) is 0. The van der Waals surface area contributed by atoms with Gasteiger partial charge in [-0.15, -0.1) is 0 Å². The first-order valence-corrected chi connectivity index (χ1v) is 4.21. The van der Waals surface area contributed by atoms with Gasteiger partial charge in [0.05, 0.1) is 0 Å². The zero-order chi connectivity index (χ0) is 7.23. The molecule has 0 saturated carbocycles. The second-order valence-corrected chi connectivity index (χ2v) is 2.99.